The number of hydrogen-bond acceptors (Lipinski definition) is 5. The van der Waals surface area contributed by atoms with Gasteiger partial charge in [0, 0.05) is 44.1 Å². The number of nitrogens with zero attached hydrogens (tertiary/aromatic N) is 3. The number of nitrogens with one attached hydrogen (secondary N) is 1. The lowest BCUT2D eigenvalue weighted by atomic mass is 10.1. The van der Waals surface area contributed by atoms with E-state index in [-0.39, 0.29) is 11.9 Å². The Bertz CT molecular complexity index is 953. The number of anilines is 2. The van der Waals surface area contributed by atoms with Crippen LogP contribution < -0.4 is 10.2 Å². The quantitative estimate of drug-likeness (QED) is 0.493. The van der Waals surface area contributed by atoms with Gasteiger partial charge in [-0.25, -0.2) is 4.98 Å². The molecule has 1 aromatic carbocycles. The van der Waals surface area contributed by atoms with Crippen molar-refractivity contribution in [3.63, 3.8) is 0 Å². The summed E-state index contributed by atoms with van der Waals surface area (Å²) in [4.78, 5) is 20.0. The lowest BCUT2D eigenvalue weighted by Crippen LogP contribution is -2.22. The molecule has 30 heavy (non-hydrogen) atoms. The van der Waals surface area contributed by atoms with Crippen LogP contribution in [0.4, 0.5) is 10.8 Å². The van der Waals surface area contributed by atoms with Crippen LogP contribution in [-0.4, -0.2) is 35.7 Å². The average Bonchev–Trinajstić information content (AvgIpc) is 3.52. The molecule has 0 bridgehead atoms. The fourth-order valence-electron chi connectivity index (χ4n) is 4.00. The van der Waals surface area contributed by atoms with Crippen LogP contribution >= 0.6 is 11.3 Å². The number of benzene rings is 1. The normalized spacial score (nSPS) is 16.2. The molecule has 1 atom stereocenters. The van der Waals surface area contributed by atoms with E-state index in [9.17, 15) is 4.79 Å². The van der Waals surface area contributed by atoms with Gasteiger partial charge in [0.1, 0.15) is 5.69 Å². The third kappa shape index (κ3) is 4.74. The third-order valence-corrected chi connectivity index (χ3v) is 6.26. The van der Waals surface area contributed by atoms with Gasteiger partial charge in [0.05, 0.1) is 11.7 Å². The zero-order valence-electron chi connectivity index (χ0n) is 17.3. The minimum absolute atomic E-state index is 0.112. The topological polar surface area (TPSA) is 59.4 Å². The largest absolute Gasteiger partial charge is 0.385 e. The monoisotopic (exact) mass is 424 g/mol. The van der Waals surface area contributed by atoms with Gasteiger partial charge in [-0.1, -0.05) is 18.2 Å². The number of methoxy groups -OCH3 is 1. The van der Waals surface area contributed by atoms with Crippen molar-refractivity contribution in [2.75, 3.05) is 30.5 Å². The Morgan fingerprint density at radius 3 is 2.93 bits per heavy atom. The maximum absolute atomic E-state index is 12.8. The van der Waals surface area contributed by atoms with Crippen LogP contribution in [0.2, 0.25) is 0 Å². The first-order valence-corrected chi connectivity index (χ1v) is 11.4. The molecule has 0 spiro atoms. The van der Waals surface area contributed by atoms with Crippen molar-refractivity contribution in [1.82, 2.24) is 9.55 Å². The number of hydrogen-bond donors (Lipinski definition) is 1. The summed E-state index contributed by atoms with van der Waals surface area (Å²) in [5.74, 6) is -0.112. The van der Waals surface area contributed by atoms with E-state index in [1.54, 1.807) is 7.11 Å². The smallest absolute Gasteiger partial charge is 0.274 e. The maximum atomic E-state index is 12.8. The summed E-state index contributed by atoms with van der Waals surface area (Å²) in [5.41, 5.74) is 2.92. The van der Waals surface area contributed by atoms with E-state index in [1.165, 1.54) is 17.0 Å². The molecule has 1 fully saturated rings. The van der Waals surface area contributed by atoms with Gasteiger partial charge in [0.15, 0.2) is 5.13 Å². The number of unbranched alkanes of at least 4 members (excludes halogenated alkanes) is 1. The van der Waals surface area contributed by atoms with E-state index in [0.717, 1.165) is 51.1 Å². The first-order valence-electron chi connectivity index (χ1n) is 10.5. The van der Waals surface area contributed by atoms with E-state index >= 15 is 0 Å². The van der Waals surface area contributed by atoms with Crippen molar-refractivity contribution in [2.24, 2.45) is 0 Å². The number of carbonyl (C=O) groups is 1. The molecule has 1 saturated heterocycles. The Balaban J connectivity index is 1.40. The summed E-state index contributed by atoms with van der Waals surface area (Å²) < 4.78 is 7.09. The molecular formula is C23H28N4O2S. The van der Waals surface area contributed by atoms with E-state index in [0.29, 0.717) is 10.8 Å². The van der Waals surface area contributed by atoms with Crippen LogP contribution in [0.3, 0.4) is 0 Å². The van der Waals surface area contributed by atoms with Crippen molar-refractivity contribution in [1.29, 1.82) is 0 Å². The van der Waals surface area contributed by atoms with Gasteiger partial charge in [-0.15, -0.1) is 11.3 Å². The number of rotatable bonds is 9. The number of aromatic nitrogens is 2. The Labute approximate surface area is 181 Å². The minimum atomic E-state index is -0.112. The van der Waals surface area contributed by atoms with Crippen molar-refractivity contribution >= 4 is 28.1 Å². The second-order valence-corrected chi connectivity index (χ2v) is 8.36. The van der Waals surface area contributed by atoms with Crippen molar-refractivity contribution < 1.29 is 9.53 Å². The maximum Gasteiger partial charge on any atom is 0.274 e. The van der Waals surface area contributed by atoms with Crippen LogP contribution in [0.5, 0.6) is 0 Å². The lowest BCUT2D eigenvalue weighted by molar-refractivity contribution is 0.101. The van der Waals surface area contributed by atoms with Gasteiger partial charge < -0.3 is 14.2 Å². The fraction of sp³-hybridized carbons (Fsp3) is 0.391. The summed E-state index contributed by atoms with van der Waals surface area (Å²) in [6.45, 7) is 2.58. The average molecular weight is 425 g/mol. The molecule has 0 radical (unpaired) electrons. The predicted molar refractivity (Wildman–Crippen MR) is 121 cm³/mol. The summed E-state index contributed by atoms with van der Waals surface area (Å²) in [6, 6.07) is 14.5. The fourth-order valence-corrected chi connectivity index (χ4v) is 4.76. The molecule has 0 unspecified atom stereocenters. The molecule has 3 aromatic rings. The highest BCUT2D eigenvalue weighted by Crippen LogP contribution is 2.37. The minimum Gasteiger partial charge on any atom is -0.385 e. The second-order valence-electron chi connectivity index (χ2n) is 7.51. The molecule has 4 rings (SSSR count). The molecule has 1 aliphatic heterocycles. The zero-order valence-corrected chi connectivity index (χ0v) is 18.1. The Morgan fingerprint density at radius 2 is 2.10 bits per heavy atom. The summed E-state index contributed by atoms with van der Waals surface area (Å²) >= 11 is 1.49. The standard InChI is InChI=1S/C23H28N4O2S/c1-29-16-6-5-13-26-14-7-12-21(26)22(28)25-23-24-19(17-30-23)20-11-8-15-27(20)18-9-3-2-4-10-18/h2-4,7,9-10,12,14,17,20H,5-6,8,11,13,15-16H2,1H3,(H,24,25,28)/t20-/m1/s1. The Morgan fingerprint density at radius 1 is 1.23 bits per heavy atom. The number of ether oxygens (including phenoxy) is 1. The van der Waals surface area contributed by atoms with Crippen LogP contribution in [0.25, 0.3) is 0 Å². The van der Waals surface area contributed by atoms with Crippen molar-refractivity contribution in [3.8, 4) is 0 Å². The molecule has 3 heterocycles. The first kappa shape index (κ1) is 20.6. The highest BCUT2D eigenvalue weighted by atomic mass is 32.1. The third-order valence-electron chi connectivity index (χ3n) is 5.48. The van der Waals surface area contributed by atoms with Crippen LogP contribution in [0, 0.1) is 0 Å². The first-order chi connectivity index (χ1) is 14.8. The Kier molecular flexibility index (Phi) is 6.81. The SMILES string of the molecule is COCCCCn1cccc1C(=O)Nc1nc([C@H]2CCCN2c2ccccc2)cs1. The lowest BCUT2D eigenvalue weighted by Gasteiger charge is -2.25. The number of amides is 1. The van der Waals surface area contributed by atoms with E-state index < -0.39 is 0 Å². The molecule has 6 nitrogen and oxygen atoms in total. The molecule has 1 N–H and O–H groups in total. The van der Waals surface area contributed by atoms with E-state index in [2.05, 4.69) is 39.9 Å². The molecule has 158 valence electrons. The number of para-hydroxylation sites is 1. The van der Waals surface area contributed by atoms with E-state index in [4.69, 9.17) is 9.72 Å². The molecule has 7 heteroatoms. The summed E-state index contributed by atoms with van der Waals surface area (Å²) in [6.07, 6.45) is 6.13. The van der Waals surface area contributed by atoms with Gasteiger partial charge in [0.25, 0.3) is 5.91 Å². The highest BCUT2D eigenvalue weighted by Gasteiger charge is 2.28. The van der Waals surface area contributed by atoms with Gasteiger partial charge >= 0.3 is 0 Å². The molecule has 1 aliphatic rings. The van der Waals surface area contributed by atoms with Gasteiger partial charge in [-0.2, -0.15) is 0 Å². The molecule has 2 aromatic heterocycles. The van der Waals surface area contributed by atoms with Gasteiger partial charge in [0.2, 0.25) is 0 Å². The number of carbonyl (C=O) groups excluding carboxylic acids is 1. The summed E-state index contributed by atoms with van der Waals surface area (Å²) in [5, 5.41) is 5.72. The molecule has 0 saturated carbocycles. The van der Waals surface area contributed by atoms with Crippen LogP contribution in [0.1, 0.15) is 47.9 Å². The molecule has 1 amide bonds. The van der Waals surface area contributed by atoms with Crippen LogP contribution in [0.15, 0.2) is 54.0 Å². The highest BCUT2D eigenvalue weighted by molar-refractivity contribution is 7.14. The second kappa shape index (κ2) is 9.91. The number of aryl methyl sites for hydroxylation is 1. The van der Waals surface area contributed by atoms with E-state index in [1.807, 2.05) is 29.0 Å². The molecular weight excluding hydrogens is 396 g/mol. The van der Waals surface area contributed by atoms with Crippen LogP contribution in [-0.2, 0) is 11.3 Å². The summed E-state index contributed by atoms with van der Waals surface area (Å²) in [7, 11) is 1.71. The zero-order chi connectivity index (χ0) is 20.8. The number of thiazole rings is 1. The van der Waals surface area contributed by atoms with Crippen molar-refractivity contribution in [2.45, 2.75) is 38.3 Å². The van der Waals surface area contributed by atoms with Crippen molar-refractivity contribution in [3.05, 3.63) is 65.4 Å². The molecule has 0 aliphatic carbocycles. The predicted octanol–water partition coefficient (Wildman–Crippen LogP) is 4.97. The van der Waals surface area contributed by atoms with Gasteiger partial charge in [-0.3, -0.25) is 10.1 Å². The Hall–Kier alpha value is -2.64. The van der Waals surface area contributed by atoms with Gasteiger partial charge in [-0.05, 0) is 49.9 Å².